The van der Waals surface area contributed by atoms with Crippen molar-refractivity contribution in [3.05, 3.63) is 34.3 Å². The van der Waals surface area contributed by atoms with Crippen molar-refractivity contribution in [3.63, 3.8) is 0 Å². The molecule has 0 heterocycles. The minimum atomic E-state index is 0.0532. The van der Waals surface area contributed by atoms with E-state index in [1.165, 1.54) is 0 Å². The number of aliphatic imine (C=N–C) groups is 1. The zero-order chi connectivity index (χ0) is 10.6. The quantitative estimate of drug-likeness (QED) is 0.643. The van der Waals surface area contributed by atoms with Crippen LogP contribution in [0.2, 0.25) is 0 Å². The Morgan fingerprint density at radius 3 is 2.71 bits per heavy atom. The molecule has 0 saturated heterocycles. The Bertz CT molecular complexity index is 332. The maximum Gasteiger partial charge on any atom is 0.186 e. The predicted molar refractivity (Wildman–Crippen MR) is 63.0 cm³/mol. The Morgan fingerprint density at radius 1 is 1.50 bits per heavy atom. The van der Waals surface area contributed by atoms with Gasteiger partial charge in [0.15, 0.2) is 5.96 Å². The highest BCUT2D eigenvalue weighted by Gasteiger charge is 2.07. The topological polar surface area (TPSA) is 64.4 Å². The van der Waals surface area contributed by atoms with Gasteiger partial charge in [0, 0.05) is 4.47 Å². The molecule has 4 heteroatoms. The number of rotatable bonds is 3. The summed E-state index contributed by atoms with van der Waals surface area (Å²) in [6.07, 6.45) is 0.883. The molecule has 0 radical (unpaired) electrons. The first-order valence-electron chi connectivity index (χ1n) is 4.47. The van der Waals surface area contributed by atoms with Gasteiger partial charge in [-0.15, -0.1) is 0 Å². The van der Waals surface area contributed by atoms with Crippen LogP contribution in [-0.4, -0.2) is 5.96 Å². The summed E-state index contributed by atoms with van der Waals surface area (Å²) in [6.45, 7) is 2.05. The van der Waals surface area contributed by atoms with Crippen LogP contribution < -0.4 is 11.5 Å². The lowest BCUT2D eigenvalue weighted by molar-refractivity contribution is 0.698. The molecule has 0 spiro atoms. The molecule has 0 unspecified atom stereocenters. The third kappa shape index (κ3) is 3.03. The van der Waals surface area contributed by atoms with Gasteiger partial charge in [-0.3, -0.25) is 0 Å². The summed E-state index contributed by atoms with van der Waals surface area (Å²) in [6, 6.07) is 8.06. The Hall–Kier alpha value is -1.03. The average Bonchev–Trinajstić information content (AvgIpc) is 2.14. The van der Waals surface area contributed by atoms with Crippen molar-refractivity contribution in [2.75, 3.05) is 0 Å². The third-order valence-corrected chi connectivity index (χ3v) is 2.42. The fourth-order valence-corrected chi connectivity index (χ4v) is 1.71. The Kier molecular flexibility index (Phi) is 3.95. The standard InChI is InChI=1S/C10H14BrN3/c1-2-9(14-10(12)13)7-4-3-5-8(11)6-7/h3-6,9H,2H2,1H3,(H4,12,13,14)/t9-/m0/s1. The van der Waals surface area contributed by atoms with Gasteiger partial charge in [0.2, 0.25) is 0 Å². The molecule has 0 saturated carbocycles. The van der Waals surface area contributed by atoms with Gasteiger partial charge in [0.25, 0.3) is 0 Å². The molecular weight excluding hydrogens is 242 g/mol. The Morgan fingerprint density at radius 2 is 2.21 bits per heavy atom. The summed E-state index contributed by atoms with van der Waals surface area (Å²) in [4.78, 5) is 4.16. The Balaban J connectivity index is 2.95. The van der Waals surface area contributed by atoms with Crippen molar-refractivity contribution in [3.8, 4) is 0 Å². The first-order chi connectivity index (χ1) is 6.63. The van der Waals surface area contributed by atoms with Gasteiger partial charge in [-0.2, -0.15) is 0 Å². The van der Waals surface area contributed by atoms with Crippen LogP contribution in [0.25, 0.3) is 0 Å². The van der Waals surface area contributed by atoms with Crippen molar-refractivity contribution in [2.45, 2.75) is 19.4 Å². The minimum Gasteiger partial charge on any atom is -0.370 e. The van der Waals surface area contributed by atoms with Crippen LogP contribution in [0.4, 0.5) is 0 Å². The normalized spacial score (nSPS) is 12.1. The number of nitrogens with zero attached hydrogens (tertiary/aromatic N) is 1. The van der Waals surface area contributed by atoms with E-state index in [9.17, 15) is 0 Å². The highest BCUT2D eigenvalue weighted by atomic mass is 79.9. The van der Waals surface area contributed by atoms with Crippen LogP contribution in [-0.2, 0) is 0 Å². The smallest absolute Gasteiger partial charge is 0.186 e. The van der Waals surface area contributed by atoms with E-state index in [1.807, 2.05) is 24.3 Å². The molecular formula is C10H14BrN3. The van der Waals surface area contributed by atoms with E-state index < -0.39 is 0 Å². The summed E-state index contributed by atoms with van der Waals surface area (Å²) < 4.78 is 1.04. The van der Waals surface area contributed by atoms with Crippen molar-refractivity contribution < 1.29 is 0 Å². The molecule has 0 aliphatic carbocycles. The van der Waals surface area contributed by atoms with Gasteiger partial charge in [-0.05, 0) is 24.1 Å². The molecule has 0 amide bonds. The zero-order valence-corrected chi connectivity index (χ0v) is 9.66. The molecule has 0 bridgehead atoms. The summed E-state index contributed by atoms with van der Waals surface area (Å²) in [5.41, 5.74) is 11.8. The summed E-state index contributed by atoms with van der Waals surface area (Å²) in [7, 11) is 0. The molecule has 3 nitrogen and oxygen atoms in total. The molecule has 0 aliphatic heterocycles. The molecule has 0 fully saturated rings. The van der Waals surface area contributed by atoms with Crippen LogP contribution in [0.1, 0.15) is 24.9 Å². The van der Waals surface area contributed by atoms with E-state index in [0.717, 1.165) is 16.5 Å². The van der Waals surface area contributed by atoms with Crippen molar-refractivity contribution in [1.29, 1.82) is 0 Å². The van der Waals surface area contributed by atoms with Gasteiger partial charge in [0.1, 0.15) is 0 Å². The van der Waals surface area contributed by atoms with Gasteiger partial charge in [0.05, 0.1) is 6.04 Å². The third-order valence-electron chi connectivity index (χ3n) is 1.93. The van der Waals surface area contributed by atoms with E-state index in [1.54, 1.807) is 0 Å². The number of nitrogens with two attached hydrogens (primary N) is 2. The van der Waals surface area contributed by atoms with E-state index in [2.05, 4.69) is 27.8 Å². The maximum atomic E-state index is 5.36. The maximum absolute atomic E-state index is 5.36. The molecule has 76 valence electrons. The largest absolute Gasteiger partial charge is 0.370 e. The fraction of sp³-hybridized carbons (Fsp3) is 0.300. The van der Waals surface area contributed by atoms with Crippen LogP contribution in [0, 0.1) is 0 Å². The number of hydrogen-bond acceptors (Lipinski definition) is 1. The second-order valence-electron chi connectivity index (χ2n) is 3.03. The molecule has 0 aliphatic rings. The van der Waals surface area contributed by atoms with Gasteiger partial charge < -0.3 is 11.5 Å². The number of guanidine groups is 1. The monoisotopic (exact) mass is 255 g/mol. The lowest BCUT2D eigenvalue weighted by Crippen LogP contribution is -2.23. The van der Waals surface area contributed by atoms with E-state index in [4.69, 9.17) is 11.5 Å². The molecule has 14 heavy (non-hydrogen) atoms. The van der Waals surface area contributed by atoms with Crippen molar-refractivity contribution in [1.82, 2.24) is 0 Å². The van der Waals surface area contributed by atoms with Crippen LogP contribution >= 0.6 is 15.9 Å². The van der Waals surface area contributed by atoms with Crippen LogP contribution in [0.5, 0.6) is 0 Å². The number of hydrogen-bond donors (Lipinski definition) is 2. The van der Waals surface area contributed by atoms with Gasteiger partial charge >= 0.3 is 0 Å². The molecule has 1 aromatic carbocycles. The van der Waals surface area contributed by atoms with E-state index >= 15 is 0 Å². The van der Waals surface area contributed by atoms with E-state index in [0.29, 0.717) is 0 Å². The minimum absolute atomic E-state index is 0.0532. The second-order valence-corrected chi connectivity index (χ2v) is 3.95. The SMILES string of the molecule is CC[C@H](N=C(N)N)c1cccc(Br)c1. The lowest BCUT2D eigenvalue weighted by Gasteiger charge is -2.10. The highest BCUT2D eigenvalue weighted by molar-refractivity contribution is 9.10. The summed E-state index contributed by atoms with van der Waals surface area (Å²) in [5, 5.41) is 0. The summed E-state index contributed by atoms with van der Waals surface area (Å²) >= 11 is 3.41. The second kappa shape index (κ2) is 5.00. The predicted octanol–water partition coefficient (Wildman–Crippen LogP) is 2.17. The molecule has 1 rings (SSSR count). The van der Waals surface area contributed by atoms with Crippen molar-refractivity contribution >= 4 is 21.9 Å². The molecule has 1 aromatic rings. The molecule has 1 atom stereocenters. The van der Waals surface area contributed by atoms with Crippen LogP contribution in [0.3, 0.4) is 0 Å². The molecule has 4 N–H and O–H groups in total. The van der Waals surface area contributed by atoms with Crippen LogP contribution in [0.15, 0.2) is 33.7 Å². The van der Waals surface area contributed by atoms with Gasteiger partial charge in [-0.25, -0.2) is 4.99 Å². The fourth-order valence-electron chi connectivity index (χ4n) is 1.30. The van der Waals surface area contributed by atoms with Gasteiger partial charge in [-0.1, -0.05) is 35.0 Å². The van der Waals surface area contributed by atoms with E-state index in [-0.39, 0.29) is 12.0 Å². The average molecular weight is 256 g/mol. The first-order valence-corrected chi connectivity index (χ1v) is 5.27. The highest BCUT2D eigenvalue weighted by Crippen LogP contribution is 2.23. The summed E-state index contributed by atoms with van der Waals surface area (Å²) in [5.74, 6) is 0.136. The Labute approximate surface area is 92.3 Å². The number of halogens is 1. The lowest BCUT2D eigenvalue weighted by atomic mass is 10.1. The first kappa shape index (κ1) is 11.0. The number of benzene rings is 1. The zero-order valence-electron chi connectivity index (χ0n) is 8.07. The van der Waals surface area contributed by atoms with Crippen molar-refractivity contribution in [2.24, 2.45) is 16.5 Å². The molecule has 0 aromatic heterocycles.